The van der Waals surface area contributed by atoms with Gasteiger partial charge in [-0.2, -0.15) is 11.8 Å². The van der Waals surface area contributed by atoms with Crippen LogP contribution in [0.15, 0.2) is 24.3 Å². The zero-order chi connectivity index (χ0) is 13.7. The molecule has 5 heteroatoms. The normalized spacial score (nSPS) is 18.1. The van der Waals surface area contributed by atoms with Crippen molar-refractivity contribution in [2.24, 2.45) is 0 Å². The van der Waals surface area contributed by atoms with Crippen LogP contribution in [0.2, 0.25) is 5.02 Å². The summed E-state index contributed by atoms with van der Waals surface area (Å²) < 4.78 is 5.92. The average Bonchev–Trinajstić information content (AvgIpc) is 3.19. The first-order valence-electron chi connectivity index (χ1n) is 6.46. The summed E-state index contributed by atoms with van der Waals surface area (Å²) >= 11 is 7.70. The lowest BCUT2D eigenvalue weighted by molar-refractivity contribution is 0.106. The summed E-state index contributed by atoms with van der Waals surface area (Å²) in [7, 11) is 0. The highest BCUT2D eigenvalue weighted by molar-refractivity contribution is 8.00. The molecule has 1 fully saturated rings. The molecule has 0 spiro atoms. The molecule has 2 rings (SSSR count). The molecule has 1 unspecified atom stereocenters. The minimum atomic E-state index is -0.492. The molecule has 1 atom stereocenters. The van der Waals surface area contributed by atoms with Gasteiger partial charge in [-0.3, -0.25) is 0 Å². The van der Waals surface area contributed by atoms with Gasteiger partial charge in [0.25, 0.3) is 0 Å². The molecule has 1 aliphatic carbocycles. The van der Waals surface area contributed by atoms with Crippen molar-refractivity contribution in [3.05, 3.63) is 29.3 Å². The van der Waals surface area contributed by atoms with Gasteiger partial charge in [0.1, 0.15) is 18.5 Å². The van der Waals surface area contributed by atoms with Crippen LogP contribution >= 0.6 is 23.4 Å². The predicted octanol–water partition coefficient (Wildman–Crippen LogP) is 2.56. The Labute approximate surface area is 123 Å². The second-order valence-electron chi connectivity index (χ2n) is 4.94. The molecule has 0 aliphatic heterocycles. The topological polar surface area (TPSA) is 41.5 Å². The van der Waals surface area contributed by atoms with Crippen molar-refractivity contribution in [3.8, 4) is 5.75 Å². The van der Waals surface area contributed by atoms with Crippen molar-refractivity contribution in [1.29, 1.82) is 0 Å². The maximum absolute atomic E-state index is 9.83. The lowest BCUT2D eigenvalue weighted by atomic mass is 10.3. The van der Waals surface area contributed by atoms with E-state index in [-0.39, 0.29) is 0 Å². The number of ether oxygens (including phenoxy) is 1. The Morgan fingerprint density at radius 2 is 2.11 bits per heavy atom. The first-order valence-corrected chi connectivity index (χ1v) is 8.06. The molecule has 0 heterocycles. The number of benzene rings is 1. The maximum atomic E-state index is 9.83. The largest absolute Gasteiger partial charge is 0.491 e. The average molecular weight is 302 g/mol. The van der Waals surface area contributed by atoms with Crippen LogP contribution in [0, 0.1) is 0 Å². The fourth-order valence-electron chi connectivity index (χ4n) is 1.84. The summed E-state index contributed by atoms with van der Waals surface area (Å²) in [6.07, 6.45) is 4.21. The summed E-state index contributed by atoms with van der Waals surface area (Å²) in [5.41, 5.74) is 0. The molecule has 1 aromatic rings. The van der Waals surface area contributed by atoms with E-state index < -0.39 is 6.10 Å². The van der Waals surface area contributed by atoms with Crippen LogP contribution in [0.5, 0.6) is 5.75 Å². The highest BCUT2D eigenvalue weighted by atomic mass is 35.5. The third-order valence-electron chi connectivity index (χ3n) is 3.32. The molecule has 0 saturated heterocycles. The van der Waals surface area contributed by atoms with E-state index >= 15 is 0 Å². The highest BCUT2D eigenvalue weighted by Crippen LogP contribution is 2.46. The molecule has 106 valence electrons. The number of aliphatic hydroxyl groups excluding tert-OH is 1. The number of halogens is 1. The third-order valence-corrected chi connectivity index (χ3v) is 4.99. The number of hydrogen-bond acceptors (Lipinski definition) is 4. The highest BCUT2D eigenvalue weighted by Gasteiger charge is 2.41. The molecule has 19 heavy (non-hydrogen) atoms. The Kier molecular flexibility index (Phi) is 5.39. The lowest BCUT2D eigenvalue weighted by Gasteiger charge is -2.16. The fraction of sp³-hybridized carbons (Fsp3) is 0.571. The maximum Gasteiger partial charge on any atom is 0.119 e. The van der Waals surface area contributed by atoms with Crippen LogP contribution in [-0.2, 0) is 0 Å². The molecular formula is C14H20ClNO2S. The monoisotopic (exact) mass is 301 g/mol. The van der Waals surface area contributed by atoms with Crippen LogP contribution in [0.3, 0.4) is 0 Å². The van der Waals surface area contributed by atoms with Gasteiger partial charge >= 0.3 is 0 Å². The summed E-state index contributed by atoms with van der Waals surface area (Å²) in [6.45, 7) is 1.82. The molecular weight excluding hydrogens is 282 g/mol. The SMILES string of the molecule is CSC1(CNCC(O)COc2ccc(Cl)cc2)CC1. The molecule has 0 bridgehead atoms. The number of nitrogens with one attached hydrogen (secondary N) is 1. The van der Waals surface area contributed by atoms with Crippen molar-refractivity contribution in [2.75, 3.05) is 26.0 Å². The summed E-state index contributed by atoms with van der Waals surface area (Å²) in [4.78, 5) is 0. The van der Waals surface area contributed by atoms with Crippen molar-refractivity contribution < 1.29 is 9.84 Å². The Bertz CT molecular complexity index is 395. The Morgan fingerprint density at radius 1 is 1.42 bits per heavy atom. The molecule has 1 saturated carbocycles. The van der Waals surface area contributed by atoms with E-state index in [4.69, 9.17) is 16.3 Å². The van der Waals surface area contributed by atoms with Gasteiger partial charge in [-0.25, -0.2) is 0 Å². The number of aliphatic hydroxyl groups is 1. The van der Waals surface area contributed by atoms with Gasteiger partial charge in [-0.1, -0.05) is 11.6 Å². The zero-order valence-corrected chi connectivity index (χ0v) is 12.6. The van der Waals surface area contributed by atoms with Gasteiger partial charge in [-0.05, 0) is 43.4 Å². The molecule has 1 aliphatic rings. The Morgan fingerprint density at radius 3 is 2.68 bits per heavy atom. The number of hydrogen-bond donors (Lipinski definition) is 2. The van der Waals surface area contributed by atoms with Gasteiger partial charge in [0.15, 0.2) is 0 Å². The van der Waals surface area contributed by atoms with Crippen LogP contribution in [-0.4, -0.2) is 41.9 Å². The first kappa shape index (κ1) is 15.0. The Hall–Kier alpha value is -0.420. The van der Waals surface area contributed by atoms with E-state index in [1.807, 2.05) is 11.8 Å². The molecule has 1 aromatic carbocycles. The third kappa shape index (κ3) is 4.88. The van der Waals surface area contributed by atoms with Gasteiger partial charge in [0.05, 0.1) is 0 Å². The summed E-state index contributed by atoms with van der Waals surface area (Å²) in [6, 6.07) is 7.15. The molecule has 0 amide bonds. The van der Waals surface area contributed by atoms with Crippen molar-refractivity contribution >= 4 is 23.4 Å². The summed E-state index contributed by atoms with van der Waals surface area (Å²) in [5.74, 6) is 0.728. The zero-order valence-electron chi connectivity index (χ0n) is 11.1. The fourth-order valence-corrected chi connectivity index (χ4v) is 2.72. The predicted molar refractivity (Wildman–Crippen MR) is 81.3 cm³/mol. The van der Waals surface area contributed by atoms with Gasteiger partial charge in [0.2, 0.25) is 0 Å². The van der Waals surface area contributed by atoms with Gasteiger partial charge in [-0.15, -0.1) is 0 Å². The van der Waals surface area contributed by atoms with Crippen molar-refractivity contribution in [2.45, 2.75) is 23.7 Å². The van der Waals surface area contributed by atoms with Gasteiger partial charge < -0.3 is 15.2 Å². The number of rotatable bonds is 8. The van der Waals surface area contributed by atoms with Crippen molar-refractivity contribution in [1.82, 2.24) is 5.32 Å². The van der Waals surface area contributed by atoms with E-state index in [0.717, 1.165) is 12.3 Å². The number of thioether (sulfide) groups is 1. The van der Waals surface area contributed by atoms with Gasteiger partial charge in [0, 0.05) is 22.9 Å². The first-order chi connectivity index (χ1) is 9.13. The standard InChI is InChI=1S/C14H20ClNO2S/c1-19-14(6-7-14)10-16-8-12(17)9-18-13-4-2-11(15)3-5-13/h2-5,12,16-17H,6-10H2,1H3. The van der Waals surface area contributed by atoms with E-state index in [0.29, 0.717) is 22.9 Å². The summed E-state index contributed by atoms with van der Waals surface area (Å²) in [5, 5.41) is 13.8. The van der Waals surface area contributed by atoms with Crippen molar-refractivity contribution in [3.63, 3.8) is 0 Å². The second-order valence-corrected chi connectivity index (χ2v) is 6.65. The second kappa shape index (κ2) is 6.84. The molecule has 0 aromatic heterocycles. The van der Waals surface area contributed by atoms with E-state index in [1.54, 1.807) is 24.3 Å². The molecule has 2 N–H and O–H groups in total. The molecule has 0 radical (unpaired) electrons. The van der Waals surface area contributed by atoms with Crippen LogP contribution in [0.4, 0.5) is 0 Å². The van der Waals surface area contributed by atoms with Crippen LogP contribution in [0.1, 0.15) is 12.8 Å². The van der Waals surface area contributed by atoms with Crippen LogP contribution < -0.4 is 10.1 Å². The van der Waals surface area contributed by atoms with E-state index in [1.165, 1.54) is 12.8 Å². The minimum Gasteiger partial charge on any atom is -0.491 e. The van der Waals surface area contributed by atoms with E-state index in [2.05, 4.69) is 11.6 Å². The minimum absolute atomic E-state index is 0.293. The molecule has 3 nitrogen and oxygen atoms in total. The smallest absolute Gasteiger partial charge is 0.119 e. The van der Waals surface area contributed by atoms with E-state index in [9.17, 15) is 5.11 Å². The Balaban J connectivity index is 1.61. The lowest BCUT2D eigenvalue weighted by Crippen LogP contribution is -2.35. The van der Waals surface area contributed by atoms with Crippen LogP contribution in [0.25, 0.3) is 0 Å². The quantitative estimate of drug-likeness (QED) is 0.774.